The number of amidine groups is 1. The zero-order valence-corrected chi connectivity index (χ0v) is 10.1. The van der Waals surface area contributed by atoms with E-state index in [0.717, 1.165) is 4.90 Å². The van der Waals surface area contributed by atoms with Crippen LogP contribution in [0.25, 0.3) is 0 Å². The Morgan fingerprint density at radius 3 is 2.61 bits per heavy atom. The summed E-state index contributed by atoms with van der Waals surface area (Å²) in [6.07, 6.45) is -4.35. The van der Waals surface area contributed by atoms with Crippen LogP contribution in [0.4, 0.5) is 18.9 Å². The number of alkyl halides is 3. The molecule has 3 N–H and O–H groups in total. The molecule has 0 amide bonds. The molecule has 4 nitrogen and oxygen atoms in total. The van der Waals surface area contributed by atoms with Crippen molar-refractivity contribution in [2.75, 3.05) is 18.5 Å². The second-order valence-corrected chi connectivity index (χ2v) is 4.05. The average molecular weight is 282 g/mol. The summed E-state index contributed by atoms with van der Waals surface area (Å²) in [5.74, 6) is -0.304. The van der Waals surface area contributed by atoms with E-state index in [9.17, 15) is 13.2 Å². The quantitative estimate of drug-likeness (QED) is 0.387. The zero-order valence-electron chi connectivity index (χ0n) is 9.37. The summed E-state index contributed by atoms with van der Waals surface area (Å²) < 4.78 is 36.9. The summed E-state index contributed by atoms with van der Waals surface area (Å²) in [5.41, 5.74) is 5.71. The minimum atomic E-state index is -4.35. The maximum Gasteiger partial charge on any atom is 0.405 e. The van der Waals surface area contributed by atoms with Crippen molar-refractivity contribution >= 4 is 23.1 Å². The van der Waals surface area contributed by atoms with Crippen LogP contribution in [0.2, 0.25) is 5.02 Å². The zero-order chi connectivity index (χ0) is 13.9. The molecule has 0 radical (unpaired) electrons. The van der Waals surface area contributed by atoms with Crippen LogP contribution in [0.5, 0.6) is 0 Å². The van der Waals surface area contributed by atoms with Crippen molar-refractivity contribution < 1.29 is 18.4 Å². The highest BCUT2D eigenvalue weighted by Gasteiger charge is 2.30. The summed E-state index contributed by atoms with van der Waals surface area (Å²) >= 11 is 5.72. The summed E-state index contributed by atoms with van der Waals surface area (Å²) in [4.78, 5) is 0.948. The Balaban J connectivity index is 3.16. The van der Waals surface area contributed by atoms with E-state index in [1.165, 1.54) is 25.2 Å². The summed E-state index contributed by atoms with van der Waals surface area (Å²) in [6.45, 7) is -1.15. The minimum absolute atomic E-state index is 0.136. The first-order chi connectivity index (χ1) is 8.24. The van der Waals surface area contributed by atoms with Crippen molar-refractivity contribution in [2.45, 2.75) is 6.18 Å². The fourth-order valence-electron chi connectivity index (χ4n) is 1.45. The van der Waals surface area contributed by atoms with Gasteiger partial charge in [0, 0.05) is 23.3 Å². The normalized spacial score (nSPS) is 12.6. The van der Waals surface area contributed by atoms with Gasteiger partial charge in [0.05, 0.1) is 0 Å². The second-order valence-electron chi connectivity index (χ2n) is 3.62. The van der Waals surface area contributed by atoms with Crippen molar-refractivity contribution in [3.8, 4) is 0 Å². The van der Waals surface area contributed by atoms with E-state index in [2.05, 4.69) is 5.16 Å². The minimum Gasteiger partial charge on any atom is -0.409 e. The van der Waals surface area contributed by atoms with Gasteiger partial charge in [0.1, 0.15) is 6.54 Å². The number of hydrogen-bond donors (Lipinski definition) is 2. The molecule has 1 aromatic carbocycles. The molecule has 0 aromatic heterocycles. The molecular formula is C10H11ClF3N3O. The van der Waals surface area contributed by atoms with Gasteiger partial charge in [0.2, 0.25) is 0 Å². The molecule has 0 atom stereocenters. The third-order valence-corrected chi connectivity index (χ3v) is 2.41. The molecule has 0 unspecified atom stereocenters. The lowest BCUT2D eigenvalue weighted by Gasteiger charge is -2.23. The predicted molar refractivity (Wildman–Crippen MR) is 63.3 cm³/mol. The van der Waals surface area contributed by atoms with E-state index in [-0.39, 0.29) is 22.1 Å². The van der Waals surface area contributed by atoms with E-state index in [4.69, 9.17) is 22.5 Å². The fourth-order valence-corrected chi connectivity index (χ4v) is 1.63. The first kappa shape index (κ1) is 14.4. The van der Waals surface area contributed by atoms with Gasteiger partial charge < -0.3 is 15.8 Å². The number of nitrogens with zero attached hydrogens (tertiary/aromatic N) is 2. The summed E-state index contributed by atoms with van der Waals surface area (Å²) in [5, 5.41) is 11.6. The molecule has 0 fully saturated rings. The monoisotopic (exact) mass is 281 g/mol. The lowest BCUT2D eigenvalue weighted by Crippen LogP contribution is -2.32. The van der Waals surface area contributed by atoms with E-state index in [1.807, 2.05) is 0 Å². The number of anilines is 1. The average Bonchev–Trinajstić information content (AvgIpc) is 2.25. The Morgan fingerprint density at radius 2 is 2.11 bits per heavy atom. The summed E-state index contributed by atoms with van der Waals surface area (Å²) in [6, 6.07) is 4.14. The van der Waals surface area contributed by atoms with Crippen molar-refractivity contribution in [3.05, 3.63) is 28.8 Å². The van der Waals surface area contributed by atoms with Gasteiger partial charge in [-0.05, 0) is 18.2 Å². The maximum atomic E-state index is 12.3. The third kappa shape index (κ3) is 3.69. The molecule has 18 heavy (non-hydrogen) atoms. The standard InChI is InChI=1S/C10H11ClF3N3O/c1-17(5-10(12,13)14)8-3-2-6(11)4-7(8)9(15)16-18/h2-4,18H,5H2,1H3,(H2,15,16). The number of halogens is 4. The molecule has 0 saturated carbocycles. The Kier molecular flexibility index (Phi) is 4.28. The van der Waals surface area contributed by atoms with Crippen LogP contribution in [-0.4, -0.2) is 30.8 Å². The Morgan fingerprint density at radius 1 is 1.50 bits per heavy atom. The maximum absolute atomic E-state index is 12.3. The van der Waals surface area contributed by atoms with Gasteiger partial charge >= 0.3 is 6.18 Å². The van der Waals surface area contributed by atoms with Crippen LogP contribution >= 0.6 is 11.6 Å². The first-order valence-corrected chi connectivity index (χ1v) is 5.17. The van der Waals surface area contributed by atoms with Gasteiger partial charge in [-0.25, -0.2) is 0 Å². The molecule has 0 aliphatic carbocycles. The highest BCUT2D eigenvalue weighted by Crippen LogP contribution is 2.26. The molecule has 0 spiro atoms. The van der Waals surface area contributed by atoms with Crippen LogP contribution in [0.15, 0.2) is 23.4 Å². The highest BCUT2D eigenvalue weighted by molar-refractivity contribution is 6.31. The number of oxime groups is 1. The number of benzene rings is 1. The molecule has 1 aromatic rings. The van der Waals surface area contributed by atoms with E-state index in [1.54, 1.807) is 0 Å². The van der Waals surface area contributed by atoms with Gasteiger partial charge in [0.25, 0.3) is 0 Å². The third-order valence-electron chi connectivity index (χ3n) is 2.17. The predicted octanol–water partition coefficient (Wildman–Crippen LogP) is 2.43. The lowest BCUT2D eigenvalue weighted by atomic mass is 10.1. The SMILES string of the molecule is CN(CC(F)(F)F)c1ccc(Cl)cc1C(N)=NO. The van der Waals surface area contributed by atoms with Gasteiger partial charge in [0.15, 0.2) is 5.84 Å². The Hall–Kier alpha value is -1.63. The molecule has 0 bridgehead atoms. The molecule has 0 aliphatic heterocycles. The number of nitrogens with two attached hydrogens (primary N) is 1. The van der Waals surface area contributed by atoms with Crippen molar-refractivity contribution in [1.82, 2.24) is 0 Å². The Bertz CT molecular complexity index is 462. The van der Waals surface area contributed by atoms with E-state index < -0.39 is 12.7 Å². The van der Waals surface area contributed by atoms with Crippen LogP contribution in [-0.2, 0) is 0 Å². The highest BCUT2D eigenvalue weighted by atomic mass is 35.5. The second kappa shape index (κ2) is 5.34. The first-order valence-electron chi connectivity index (χ1n) is 4.80. The van der Waals surface area contributed by atoms with E-state index >= 15 is 0 Å². The van der Waals surface area contributed by atoms with Gasteiger partial charge in [-0.1, -0.05) is 16.8 Å². The smallest absolute Gasteiger partial charge is 0.405 e. The fraction of sp³-hybridized carbons (Fsp3) is 0.300. The molecule has 0 saturated heterocycles. The topological polar surface area (TPSA) is 61.8 Å². The van der Waals surface area contributed by atoms with Crippen molar-refractivity contribution in [2.24, 2.45) is 10.9 Å². The molecule has 1 rings (SSSR count). The largest absolute Gasteiger partial charge is 0.409 e. The van der Waals surface area contributed by atoms with Crippen LogP contribution in [0.3, 0.4) is 0 Å². The molecule has 100 valence electrons. The molecular weight excluding hydrogens is 271 g/mol. The van der Waals surface area contributed by atoms with Crippen molar-refractivity contribution in [1.29, 1.82) is 0 Å². The van der Waals surface area contributed by atoms with Gasteiger partial charge in [-0.3, -0.25) is 0 Å². The van der Waals surface area contributed by atoms with Gasteiger partial charge in [-0.15, -0.1) is 0 Å². The number of rotatable bonds is 3. The Labute approximate surface area is 106 Å². The van der Waals surface area contributed by atoms with Crippen LogP contribution in [0.1, 0.15) is 5.56 Å². The van der Waals surface area contributed by atoms with Crippen molar-refractivity contribution in [3.63, 3.8) is 0 Å². The molecule has 0 heterocycles. The van der Waals surface area contributed by atoms with Crippen LogP contribution in [0, 0.1) is 0 Å². The molecule has 8 heteroatoms. The van der Waals surface area contributed by atoms with E-state index in [0.29, 0.717) is 0 Å². The summed E-state index contributed by atoms with van der Waals surface area (Å²) in [7, 11) is 1.25. The van der Waals surface area contributed by atoms with Crippen LogP contribution < -0.4 is 10.6 Å². The number of hydrogen-bond acceptors (Lipinski definition) is 3. The molecule has 0 aliphatic rings. The lowest BCUT2D eigenvalue weighted by molar-refractivity contribution is -0.119. The van der Waals surface area contributed by atoms with Gasteiger partial charge in [-0.2, -0.15) is 13.2 Å².